The zero-order valence-electron chi connectivity index (χ0n) is 16.7. The number of terminal acetylenes is 1. The largest absolute Gasteiger partial charge is 0.369 e. The van der Waals surface area contributed by atoms with Gasteiger partial charge in [0.25, 0.3) is 0 Å². The summed E-state index contributed by atoms with van der Waals surface area (Å²) in [7, 11) is 0. The first-order chi connectivity index (χ1) is 12.7. The second kappa shape index (κ2) is 13.7. The molecule has 0 atom stereocenters. The summed E-state index contributed by atoms with van der Waals surface area (Å²) in [4.78, 5) is 9.63. The Labute approximate surface area is 182 Å². The molecular weight excluding hydrogens is 449 g/mol. The summed E-state index contributed by atoms with van der Waals surface area (Å²) in [6.07, 6.45) is 7.57. The van der Waals surface area contributed by atoms with Crippen LogP contribution in [0.1, 0.15) is 25.3 Å². The van der Waals surface area contributed by atoms with Gasteiger partial charge in [0.15, 0.2) is 5.96 Å². The van der Waals surface area contributed by atoms with E-state index < -0.39 is 0 Å². The van der Waals surface area contributed by atoms with E-state index in [9.17, 15) is 0 Å². The van der Waals surface area contributed by atoms with Gasteiger partial charge in [-0.15, -0.1) is 30.4 Å². The molecule has 0 saturated carbocycles. The van der Waals surface area contributed by atoms with Crippen LogP contribution in [-0.4, -0.2) is 63.2 Å². The van der Waals surface area contributed by atoms with Crippen LogP contribution in [0.2, 0.25) is 0 Å². The number of piperazine rings is 1. The number of rotatable bonds is 8. The summed E-state index contributed by atoms with van der Waals surface area (Å²) in [5, 5.41) is 6.33. The summed E-state index contributed by atoms with van der Waals surface area (Å²) in [6.45, 7) is 12.1. The van der Waals surface area contributed by atoms with Gasteiger partial charge in [-0.25, -0.2) is 0 Å². The fourth-order valence-corrected chi connectivity index (χ4v) is 3.17. The molecule has 1 aromatic rings. The van der Waals surface area contributed by atoms with Crippen LogP contribution < -0.4 is 15.5 Å². The lowest BCUT2D eigenvalue weighted by atomic mass is 10.2. The van der Waals surface area contributed by atoms with Crippen molar-refractivity contribution in [3.63, 3.8) is 0 Å². The number of hydrogen-bond donors (Lipinski definition) is 2. The molecule has 0 unspecified atom stereocenters. The maximum atomic E-state index is 5.28. The SMILES string of the molecule is C#CCNC(=NCCCCN1CCN(c2cccc(C)c2)CC1)NCC.I. The Balaban J connectivity index is 0.00000364. The molecule has 0 aliphatic carbocycles. The van der Waals surface area contributed by atoms with Crippen molar-refractivity contribution in [1.82, 2.24) is 15.5 Å². The van der Waals surface area contributed by atoms with E-state index in [1.807, 2.05) is 0 Å². The van der Waals surface area contributed by atoms with E-state index in [2.05, 4.69) is 69.5 Å². The topological polar surface area (TPSA) is 42.9 Å². The molecule has 2 rings (SSSR count). The Morgan fingerprint density at radius 3 is 2.63 bits per heavy atom. The van der Waals surface area contributed by atoms with Crippen molar-refractivity contribution in [3.05, 3.63) is 29.8 Å². The first kappa shape index (κ1) is 23.6. The highest BCUT2D eigenvalue weighted by Crippen LogP contribution is 2.17. The second-order valence-electron chi connectivity index (χ2n) is 6.69. The number of guanidine groups is 1. The van der Waals surface area contributed by atoms with Gasteiger partial charge in [-0.2, -0.15) is 0 Å². The van der Waals surface area contributed by atoms with Crippen molar-refractivity contribution >= 4 is 35.6 Å². The standard InChI is InChI=1S/C21H33N5.HI/c1-4-11-23-21(22-5-2)24-12-6-7-13-25-14-16-26(17-15-25)20-10-8-9-19(3)18-20;/h1,8-10,18H,5-7,11-17H2,2-3H3,(H2,22,23,24);1H. The summed E-state index contributed by atoms with van der Waals surface area (Å²) in [5.74, 6) is 3.39. The molecule has 1 fully saturated rings. The quantitative estimate of drug-likeness (QED) is 0.196. The molecule has 1 heterocycles. The van der Waals surface area contributed by atoms with E-state index >= 15 is 0 Å². The molecule has 1 saturated heterocycles. The van der Waals surface area contributed by atoms with Crippen molar-refractivity contribution in [2.24, 2.45) is 4.99 Å². The summed E-state index contributed by atoms with van der Waals surface area (Å²) in [6, 6.07) is 8.81. The number of unbranched alkanes of at least 4 members (excludes halogenated alkanes) is 1. The Morgan fingerprint density at radius 1 is 1.19 bits per heavy atom. The fourth-order valence-electron chi connectivity index (χ4n) is 3.17. The van der Waals surface area contributed by atoms with Gasteiger partial charge in [-0.1, -0.05) is 18.1 Å². The van der Waals surface area contributed by atoms with Gasteiger partial charge in [0.05, 0.1) is 6.54 Å². The molecule has 5 nitrogen and oxygen atoms in total. The van der Waals surface area contributed by atoms with Crippen LogP contribution in [0.4, 0.5) is 5.69 Å². The molecule has 0 bridgehead atoms. The Morgan fingerprint density at radius 2 is 1.96 bits per heavy atom. The van der Waals surface area contributed by atoms with Crippen LogP contribution in [-0.2, 0) is 0 Å². The third-order valence-corrected chi connectivity index (χ3v) is 4.59. The molecule has 1 aliphatic heterocycles. The number of hydrogen-bond acceptors (Lipinski definition) is 3. The van der Waals surface area contributed by atoms with Gasteiger partial charge in [-0.05, 0) is 50.9 Å². The van der Waals surface area contributed by atoms with Crippen molar-refractivity contribution < 1.29 is 0 Å². The fraction of sp³-hybridized carbons (Fsp3) is 0.571. The van der Waals surface area contributed by atoms with Gasteiger partial charge >= 0.3 is 0 Å². The van der Waals surface area contributed by atoms with Gasteiger partial charge in [0.1, 0.15) is 0 Å². The Bertz CT molecular complexity index is 603. The Hall–Kier alpha value is -1.46. The molecule has 0 amide bonds. The highest BCUT2D eigenvalue weighted by Gasteiger charge is 2.16. The van der Waals surface area contributed by atoms with E-state index in [1.165, 1.54) is 17.7 Å². The summed E-state index contributed by atoms with van der Waals surface area (Å²) in [5.41, 5.74) is 2.69. The number of aryl methyl sites for hydroxylation is 1. The van der Waals surface area contributed by atoms with Crippen LogP contribution in [0.25, 0.3) is 0 Å². The normalized spacial score (nSPS) is 15.0. The number of halogens is 1. The number of benzene rings is 1. The predicted octanol–water partition coefficient (Wildman–Crippen LogP) is 2.70. The predicted molar refractivity (Wildman–Crippen MR) is 127 cm³/mol. The third-order valence-electron chi connectivity index (χ3n) is 4.59. The van der Waals surface area contributed by atoms with Crippen LogP contribution >= 0.6 is 24.0 Å². The van der Waals surface area contributed by atoms with Crippen LogP contribution in [0.5, 0.6) is 0 Å². The molecule has 6 heteroatoms. The summed E-state index contributed by atoms with van der Waals surface area (Å²) >= 11 is 0. The zero-order valence-corrected chi connectivity index (χ0v) is 19.0. The first-order valence-electron chi connectivity index (χ1n) is 9.72. The highest BCUT2D eigenvalue weighted by atomic mass is 127. The highest BCUT2D eigenvalue weighted by molar-refractivity contribution is 14.0. The second-order valence-corrected chi connectivity index (χ2v) is 6.69. The average molecular weight is 483 g/mol. The van der Waals surface area contributed by atoms with Crippen LogP contribution in [0, 0.1) is 19.3 Å². The molecule has 2 N–H and O–H groups in total. The van der Waals surface area contributed by atoms with Gasteiger partial charge in [0.2, 0.25) is 0 Å². The number of anilines is 1. The first-order valence-corrected chi connectivity index (χ1v) is 9.72. The molecular formula is C21H34IN5. The monoisotopic (exact) mass is 483 g/mol. The lowest BCUT2D eigenvalue weighted by molar-refractivity contribution is 0.253. The van der Waals surface area contributed by atoms with Gasteiger partial charge in [-0.3, -0.25) is 9.89 Å². The van der Waals surface area contributed by atoms with Gasteiger partial charge < -0.3 is 15.5 Å². The van der Waals surface area contributed by atoms with E-state index in [4.69, 9.17) is 6.42 Å². The smallest absolute Gasteiger partial charge is 0.192 e. The zero-order chi connectivity index (χ0) is 18.6. The van der Waals surface area contributed by atoms with Crippen molar-refractivity contribution in [2.75, 3.05) is 57.3 Å². The lowest BCUT2D eigenvalue weighted by Gasteiger charge is -2.36. The number of nitrogens with one attached hydrogen (secondary N) is 2. The summed E-state index contributed by atoms with van der Waals surface area (Å²) < 4.78 is 0. The van der Waals surface area contributed by atoms with E-state index in [0.717, 1.165) is 58.2 Å². The maximum Gasteiger partial charge on any atom is 0.192 e. The minimum Gasteiger partial charge on any atom is -0.369 e. The molecule has 150 valence electrons. The average Bonchev–Trinajstić information content (AvgIpc) is 2.66. The Kier molecular flexibility index (Phi) is 11.9. The molecule has 27 heavy (non-hydrogen) atoms. The van der Waals surface area contributed by atoms with E-state index in [-0.39, 0.29) is 24.0 Å². The minimum atomic E-state index is 0. The molecule has 0 aromatic heterocycles. The lowest BCUT2D eigenvalue weighted by Crippen LogP contribution is -2.46. The molecule has 0 radical (unpaired) electrons. The van der Waals surface area contributed by atoms with Crippen LogP contribution in [0.15, 0.2) is 29.3 Å². The molecule has 1 aliphatic rings. The van der Waals surface area contributed by atoms with Crippen LogP contribution in [0.3, 0.4) is 0 Å². The molecule has 1 aromatic carbocycles. The van der Waals surface area contributed by atoms with E-state index in [1.54, 1.807) is 0 Å². The van der Waals surface area contributed by atoms with Gasteiger partial charge in [0, 0.05) is 45.0 Å². The van der Waals surface area contributed by atoms with Crippen molar-refractivity contribution in [2.45, 2.75) is 26.7 Å². The molecule has 0 spiro atoms. The van der Waals surface area contributed by atoms with E-state index in [0.29, 0.717) is 6.54 Å². The minimum absolute atomic E-state index is 0. The maximum absolute atomic E-state index is 5.28. The number of aliphatic imine (C=N–C) groups is 1. The third kappa shape index (κ3) is 8.85. The number of nitrogens with zero attached hydrogens (tertiary/aromatic N) is 3. The van der Waals surface area contributed by atoms with Crippen molar-refractivity contribution in [1.29, 1.82) is 0 Å². The van der Waals surface area contributed by atoms with Crippen molar-refractivity contribution in [3.8, 4) is 12.3 Å².